The third-order valence-electron chi connectivity index (χ3n) is 4.89. The second-order valence-electron chi connectivity index (χ2n) is 7.32. The smallest absolute Gasteiger partial charge is 0.222 e. The summed E-state index contributed by atoms with van der Waals surface area (Å²) in [5.74, 6) is 0.597. The lowest BCUT2D eigenvalue weighted by Crippen LogP contribution is -2.30. The number of hydrogen-bond donors (Lipinski definition) is 1. The Hall–Kier alpha value is -2.67. The fourth-order valence-electron chi connectivity index (χ4n) is 3.61. The van der Waals surface area contributed by atoms with E-state index in [1.54, 1.807) is 6.20 Å². The zero-order valence-electron chi connectivity index (χ0n) is 16.7. The second-order valence-corrected chi connectivity index (χ2v) is 7.32. The van der Waals surface area contributed by atoms with E-state index in [0.29, 0.717) is 19.1 Å². The number of rotatable bonds is 6. The molecule has 148 valence electrons. The molecule has 1 aliphatic heterocycles. The molecule has 0 radical (unpaired) electrons. The molecule has 28 heavy (non-hydrogen) atoms. The average molecular weight is 381 g/mol. The quantitative estimate of drug-likeness (QED) is 0.694. The fraction of sp³-hybridized carbons (Fsp3) is 0.476. The maximum Gasteiger partial charge on any atom is 0.222 e. The Kier molecular flexibility index (Phi) is 5.43. The molecule has 0 spiro atoms. The van der Waals surface area contributed by atoms with Gasteiger partial charge in [-0.3, -0.25) is 4.68 Å². The predicted molar refractivity (Wildman–Crippen MR) is 110 cm³/mol. The molecule has 7 heteroatoms. The Labute approximate surface area is 165 Å². The van der Waals surface area contributed by atoms with Crippen molar-refractivity contribution in [2.24, 2.45) is 0 Å². The molecule has 1 fully saturated rings. The minimum atomic E-state index is 0.241. The van der Waals surface area contributed by atoms with Crippen LogP contribution in [0, 0.1) is 0 Å². The van der Waals surface area contributed by atoms with Crippen molar-refractivity contribution in [3.05, 3.63) is 30.6 Å². The van der Waals surface area contributed by atoms with E-state index < -0.39 is 0 Å². The molecule has 0 aliphatic carbocycles. The van der Waals surface area contributed by atoms with Crippen molar-refractivity contribution < 1.29 is 9.47 Å². The van der Waals surface area contributed by atoms with E-state index in [0.717, 1.165) is 47.4 Å². The van der Waals surface area contributed by atoms with Crippen molar-refractivity contribution in [3.63, 3.8) is 0 Å². The normalized spacial score (nSPS) is 17.2. The van der Waals surface area contributed by atoms with Crippen molar-refractivity contribution in [2.75, 3.05) is 25.1 Å². The number of pyridine rings is 2. The van der Waals surface area contributed by atoms with Gasteiger partial charge in [0.2, 0.25) is 5.88 Å². The minimum Gasteiger partial charge on any atom is -0.477 e. The van der Waals surface area contributed by atoms with Crippen molar-refractivity contribution in [1.82, 2.24) is 19.7 Å². The molecule has 0 aromatic carbocycles. The molecule has 1 atom stereocenters. The van der Waals surface area contributed by atoms with Crippen LogP contribution in [0.25, 0.3) is 22.3 Å². The van der Waals surface area contributed by atoms with Gasteiger partial charge in [0, 0.05) is 24.9 Å². The van der Waals surface area contributed by atoms with E-state index in [1.807, 2.05) is 29.9 Å². The summed E-state index contributed by atoms with van der Waals surface area (Å²) in [6.07, 6.45) is 5.73. The lowest BCUT2D eigenvalue weighted by Gasteiger charge is -2.25. The van der Waals surface area contributed by atoms with Crippen molar-refractivity contribution in [2.45, 2.75) is 45.7 Å². The molecule has 0 amide bonds. The van der Waals surface area contributed by atoms with Crippen molar-refractivity contribution in [1.29, 1.82) is 0 Å². The van der Waals surface area contributed by atoms with Gasteiger partial charge in [0.25, 0.3) is 0 Å². The van der Waals surface area contributed by atoms with Crippen LogP contribution in [0.4, 0.5) is 5.69 Å². The highest BCUT2D eigenvalue weighted by Gasteiger charge is 2.20. The van der Waals surface area contributed by atoms with Crippen LogP contribution in [0.5, 0.6) is 5.88 Å². The van der Waals surface area contributed by atoms with Gasteiger partial charge in [-0.15, -0.1) is 0 Å². The average Bonchev–Trinajstić information content (AvgIpc) is 3.14. The molecule has 0 saturated carbocycles. The standard InChI is InChI=1S/C21H27N5O2/c1-4-28-21-16(8-5-9-22-21)17-11-18(24-15-7-6-10-27-13-15)20-19(25-17)12-23-26(20)14(2)3/h5,8-9,11-12,14-15H,4,6-7,10,13H2,1-3H3,(H,24,25)/t15-/m1/s1. The Bertz CT molecular complexity index is 947. The lowest BCUT2D eigenvalue weighted by atomic mass is 10.1. The van der Waals surface area contributed by atoms with Gasteiger partial charge in [-0.05, 0) is 51.8 Å². The van der Waals surface area contributed by atoms with E-state index >= 15 is 0 Å². The highest BCUT2D eigenvalue weighted by molar-refractivity contribution is 5.91. The molecule has 3 aromatic heterocycles. The Morgan fingerprint density at radius 1 is 1.39 bits per heavy atom. The fourth-order valence-corrected chi connectivity index (χ4v) is 3.61. The first kappa shape index (κ1) is 18.7. The van der Waals surface area contributed by atoms with Gasteiger partial charge in [0.1, 0.15) is 11.0 Å². The van der Waals surface area contributed by atoms with Crippen LogP contribution >= 0.6 is 0 Å². The van der Waals surface area contributed by atoms with E-state index in [1.165, 1.54) is 0 Å². The Morgan fingerprint density at radius 2 is 2.29 bits per heavy atom. The molecule has 3 aromatic rings. The van der Waals surface area contributed by atoms with Crippen LogP contribution in [0.15, 0.2) is 30.6 Å². The van der Waals surface area contributed by atoms with Crippen molar-refractivity contribution >= 4 is 16.7 Å². The molecule has 0 unspecified atom stereocenters. The van der Waals surface area contributed by atoms with Gasteiger partial charge >= 0.3 is 0 Å². The largest absolute Gasteiger partial charge is 0.477 e. The molecule has 1 N–H and O–H groups in total. The lowest BCUT2D eigenvalue weighted by molar-refractivity contribution is 0.0876. The Morgan fingerprint density at radius 3 is 3.04 bits per heavy atom. The van der Waals surface area contributed by atoms with Crippen LogP contribution in [-0.4, -0.2) is 45.6 Å². The third-order valence-corrected chi connectivity index (χ3v) is 4.89. The van der Waals surface area contributed by atoms with Gasteiger partial charge in [0.15, 0.2) is 0 Å². The maximum absolute atomic E-state index is 5.72. The first-order valence-electron chi connectivity index (χ1n) is 9.98. The summed E-state index contributed by atoms with van der Waals surface area (Å²) in [4.78, 5) is 9.25. The van der Waals surface area contributed by atoms with Gasteiger partial charge in [0.05, 0.1) is 36.4 Å². The van der Waals surface area contributed by atoms with Gasteiger partial charge < -0.3 is 14.8 Å². The SMILES string of the molecule is CCOc1ncccc1-c1cc(N[C@@H]2CCCOC2)c2c(cnn2C(C)C)n1. The number of nitrogens with one attached hydrogen (secondary N) is 1. The third kappa shape index (κ3) is 3.67. The summed E-state index contributed by atoms with van der Waals surface area (Å²) >= 11 is 0. The van der Waals surface area contributed by atoms with Crippen LogP contribution in [0.3, 0.4) is 0 Å². The highest BCUT2D eigenvalue weighted by Crippen LogP contribution is 2.34. The first-order valence-corrected chi connectivity index (χ1v) is 9.98. The number of fused-ring (bicyclic) bond motifs is 1. The molecule has 4 rings (SSSR count). The summed E-state index contributed by atoms with van der Waals surface area (Å²) in [5.41, 5.74) is 4.61. The first-order chi connectivity index (χ1) is 13.7. The van der Waals surface area contributed by atoms with Gasteiger partial charge in [-0.1, -0.05) is 0 Å². The Balaban J connectivity index is 1.83. The topological polar surface area (TPSA) is 74.1 Å². The summed E-state index contributed by atoms with van der Waals surface area (Å²) in [6, 6.07) is 6.50. The number of nitrogens with zero attached hydrogens (tertiary/aromatic N) is 4. The number of anilines is 1. The summed E-state index contributed by atoms with van der Waals surface area (Å²) in [7, 11) is 0. The second kappa shape index (κ2) is 8.14. The molecule has 0 bridgehead atoms. The number of aromatic nitrogens is 4. The molecular weight excluding hydrogens is 354 g/mol. The van der Waals surface area contributed by atoms with E-state index in [2.05, 4.69) is 35.3 Å². The molecule has 4 heterocycles. The van der Waals surface area contributed by atoms with Gasteiger partial charge in [-0.25, -0.2) is 9.97 Å². The van der Waals surface area contributed by atoms with Crippen molar-refractivity contribution in [3.8, 4) is 17.1 Å². The summed E-state index contributed by atoms with van der Waals surface area (Å²) in [5, 5.41) is 8.26. The molecule has 1 saturated heterocycles. The highest BCUT2D eigenvalue weighted by atomic mass is 16.5. The maximum atomic E-state index is 5.72. The predicted octanol–water partition coefficient (Wildman–Crippen LogP) is 4.06. The van der Waals surface area contributed by atoms with E-state index in [4.69, 9.17) is 14.5 Å². The number of ether oxygens (including phenoxy) is 2. The van der Waals surface area contributed by atoms with Crippen LogP contribution < -0.4 is 10.1 Å². The monoisotopic (exact) mass is 381 g/mol. The molecule has 1 aliphatic rings. The zero-order valence-corrected chi connectivity index (χ0v) is 16.7. The van der Waals surface area contributed by atoms with E-state index in [-0.39, 0.29) is 12.1 Å². The number of hydrogen-bond acceptors (Lipinski definition) is 6. The summed E-state index contributed by atoms with van der Waals surface area (Å²) < 4.78 is 13.4. The zero-order chi connectivity index (χ0) is 19.5. The molecule has 7 nitrogen and oxygen atoms in total. The minimum absolute atomic E-state index is 0.241. The molecular formula is C21H27N5O2. The van der Waals surface area contributed by atoms with Crippen LogP contribution in [0.2, 0.25) is 0 Å². The van der Waals surface area contributed by atoms with Crippen LogP contribution in [0.1, 0.15) is 39.7 Å². The van der Waals surface area contributed by atoms with Crippen LogP contribution in [-0.2, 0) is 4.74 Å². The van der Waals surface area contributed by atoms with E-state index in [9.17, 15) is 0 Å². The van der Waals surface area contributed by atoms with Gasteiger partial charge in [-0.2, -0.15) is 5.10 Å². The summed E-state index contributed by atoms with van der Waals surface area (Å²) in [6.45, 7) is 8.32.